The molecule has 0 unspecified atom stereocenters. The van der Waals surface area contributed by atoms with Crippen LogP contribution in [-0.2, 0) is 6.18 Å². The second-order valence-corrected chi connectivity index (χ2v) is 5.97. The first-order valence-electron chi connectivity index (χ1n) is 8.32. The predicted molar refractivity (Wildman–Crippen MR) is 93.6 cm³/mol. The largest absolute Gasteiger partial charge is 0.417 e. The van der Waals surface area contributed by atoms with Crippen LogP contribution in [0.25, 0.3) is 11.5 Å². The van der Waals surface area contributed by atoms with Gasteiger partial charge in [0.25, 0.3) is 11.8 Å². The van der Waals surface area contributed by atoms with Gasteiger partial charge in [0, 0.05) is 30.6 Å². The number of pyridine rings is 1. The summed E-state index contributed by atoms with van der Waals surface area (Å²) in [4.78, 5) is 15.8. The summed E-state index contributed by atoms with van der Waals surface area (Å²) in [7, 11) is 1.09. The number of aromatic nitrogens is 3. The Kier molecular flexibility index (Phi) is 6.04. The number of hydrogen-bond donors (Lipinski definition) is 0. The number of alkyl halides is 5. The zero-order chi connectivity index (χ0) is 22.8. The molecule has 0 bridgehead atoms. The molecule has 0 N–H and O–H groups in total. The minimum absolute atomic E-state index is 0.0173. The van der Waals surface area contributed by atoms with Gasteiger partial charge < -0.3 is 4.42 Å². The molecule has 0 aliphatic rings. The van der Waals surface area contributed by atoms with E-state index in [1.807, 2.05) is 0 Å². The predicted octanol–water partition coefficient (Wildman–Crippen LogP) is 4.33. The third-order valence-corrected chi connectivity index (χ3v) is 3.90. The maximum atomic E-state index is 14.3. The zero-order valence-corrected chi connectivity index (χ0v) is 15.4. The van der Waals surface area contributed by atoms with Crippen LogP contribution in [-0.4, -0.2) is 39.4 Å². The van der Waals surface area contributed by atoms with E-state index < -0.39 is 41.3 Å². The van der Waals surface area contributed by atoms with Crippen LogP contribution in [0.5, 0.6) is 0 Å². The van der Waals surface area contributed by atoms with Crippen LogP contribution < -0.4 is 0 Å². The molecule has 1 aromatic carbocycles. The van der Waals surface area contributed by atoms with E-state index in [4.69, 9.17) is 4.42 Å². The molecule has 2 aromatic heterocycles. The SMILES string of the molecule is CN(/N=C/c1ccc(-c2nnc(C(F)F)o2)cc1F)C(=O)c1cnccc1C(F)(F)F. The van der Waals surface area contributed by atoms with Crippen molar-refractivity contribution in [1.82, 2.24) is 20.2 Å². The summed E-state index contributed by atoms with van der Waals surface area (Å²) >= 11 is 0. The average molecular weight is 443 g/mol. The van der Waals surface area contributed by atoms with Crippen molar-refractivity contribution in [3.63, 3.8) is 0 Å². The van der Waals surface area contributed by atoms with E-state index in [-0.39, 0.29) is 17.0 Å². The van der Waals surface area contributed by atoms with Crippen LogP contribution in [0.4, 0.5) is 26.3 Å². The molecule has 0 atom stereocenters. The second kappa shape index (κ2) is 8.53. The first kappa shape index (κ1) is 21.9. The van der Waals surface area contributed by atoms with E-state index in [0.717, 1.165) is 31.7 Å². The summed E-state index contributed by atoms with van der Waals surface area (Å²) < 4.78 is 83.2. The molecule has 0 aliphatic heterocycles. The number of hydrazone groups is 1. The van der Waals surface area contributed by atoms with Gasteiger partial charge in [-0.1, -0.05) is 0 Å². The minimum Gasteiger partial charge on any atom is -0.415 e. The summed E-state index contributed by atoms with van der Waals surface area (Å²) in [5, 5.41) is 10.8. The van der Waals surface area contributed by atoms with Gasteiger partial charge in [0.2, 0.25) is 5.89 Å². The fraction of sp³-hybridized carbons (Fsp3) is 0.167. The highest BCUT2D eigenvalue weighted by Gasteiger charge is 2.36. The third-order valence-electron chi connectivity index (χ3n) is 3.90. The fourth-order valence-corrected chi connectivity index (χ4v) is 2.39. The summed E-state index contributed by atoms with van der Waals surface area (Å²) in [5.74, 6) is -3.24. The molecule has 0 radical (unpaired) electrons. The van der Waals surface area contributed by atoms with Crippen molar-refractivity contribution < 1.29 is 35.6 Å². The van der Waals surface area contributed by atoms with Gasteiger partial charge in [-0.2, -0.15) is 27.1 Å². The van der Waals surface area contributed by atoms with Crippen molar-refractivity contribution in [2.45, 2.75) is 12.6 Å². The van der Waals surface area contributed by atoms with Crippen LogP contribution in [0.15, 0.2) is 46.2 Å². The van der Waals surface area contributed by atoms with Gasteiger partial charge in [-0.3, -0.25) is 9.78 Å². The van der Waals surface area contributed by atoms with E-state index >= 15 is 0 Å². The summed E-state index contributed by atoms with van der Waals surface area (Å²) in [6.45, 7) is 0. The molecule has 0 aliphatic carbocycles. The van der Waals surface area contributed by atoms with Gasteiger partial charge in [0.05, 0.1) is 17.3 Å². The first-order chi connectivity index (χ1) is 14.6. The Labute approximate surface area is 170 Å². The molecule has 0 spiro atoms. The average Bonchev–Trinajstić information content (AvgIpc) is 3.22. The van der Waals surface area contributed by atoms with E-state index in [2.05, 4.69) is 20.3 Å². The Morgan fingerprint density at radius 3 is 2.58 bits per heavy atom. The van der Waals surface area contributed by atoms with Crippen molar-refractivity contribution in [1.29, 1.82) is 0 Å². The molecule has 0 fully saturated rings. The molecule has 0 saturated carbocycles. The Morgan fingerprint density at radius 1 is 1.23 bits per heavy atom. The molecule has 2 heterocycles. The quantitative estimate of drug-likeness (QED) is 0.333. The number of carbonyl (C=O) groups is 1. The molecule has 0 saturated heterocycles. The lowest BCUT2D eigenvalue weighted by Crippen LogP contribution is -2.25. The molecule has 13 heteroatoms. The topological polar surface area (TPSA) is 84.5 Å². The van der Waals surface area contributed by atoms with E-state index in [1.165, 1.54) is 12.1 Å². The van der Waals surface area contributed by atoms with Crippen LogP contribution in [0, 0.1) is 5.82 Å². The number of amides is 1. The number of hydrogen-bond acceptors (Lipinski definition) is 6. The Bertz CT molecular complexity index is 1130. The lowest BCUT2D eigenvalue weighted by molar-refractivity contribution is -0.138. The van der Waals surface area contributed by atoms with Crippen LogP contribution in [0.3, 0.4) is 0 Å². The summed E-state index contributed by atoms with van der Waals surface area (Å²) in [6, 6.07) is 4.02. The first-order valence-corrected chi connectivity index (χ1v) is 8.32. The van der Waals surface area contributed by atoms with Crippen LogP contribution in [0.2, 0.25) is 0 Å². The van der Waals surface area contributed by atoms with Crippen molar-refractivity contribution in [2.75, 3.05) is 7.05 Å². The lowest BCUT2D eigenvalue weighted by atomic mass is 10.1. The Hall–Kier alpha value is -3.77. The second-order valence-electron chi connectivity index (χ2n) is 5.97. The molecule has 7 nitrogen and oxygen atoms in total. The third kappa shape index (κ3) is 4.87. The van der Waals surface area contributed by atoms with Gasteiger partial charge in [0.15, 0.2) is 0 Å². The number of carbonyl (C=O) groups excluding carboxylic acids is 1. The normalized spacial score (nSPS) is 12.0. The molecule has 31 heavy (non-hydrogen) atoms. The van der Waals surface area contributed by atoms with Crippen molar-refractivity contribution in [3.8, 4) is 11.5 Å². The fourth-order valence-electron chi connectivity index (χ4n) is 2.39. The van der Waals surface area contributed by atoms with E-state index in [1.54, 1.807) is 0 Å². The maximum Gasteiger partial charge on any atom is 0.417 e. The van der Waals surface area contributed by atoms with Crippen LogP contribution >= 0.6 is 0 Å². The molecular formula is C18H11F6N5O2. The smallest absolute Gasteiger partial charge is 0.415 e. The summed E-state index contributed by atoms with van der Waals surface area (Å²) in [5.41, 5.74) is -2.03. The maximum absolute atomic E-state index is 14.3. The van der Waals surface area contributed by atoms with Gasteiger partial charge in [-0.25, -0.2) is 9.40 Å². The Balaban J connectivity index is 1.79. The highest BCUT2D eigenvalue weighted by molar-refractivity contribution is 5.96. The van der Waals surface area contributed by atoms with Crippen molar-refractivity contribution in [2.24, 2.45) is 5.10 Å². The van der Waals surface area contributed by atoms with Gasteiger partial charge in [-0.15, -0.1) is 10.2 Å². The zero-order valence-electron chi connectivity index (χ0n) is 15.4. The van der Waals surface area contributed by atoms with E-state index in [0.29, 0.717) is 11.1 Å². The van der Waals surface area contributed by atoms with Gasteiger partial charge >= 0.3 is 12.6 Å². The minimum atomic E-state index is -4.78. The number of rotatable bonds is 5. The van der Waals surface area contributed by atoms with Gasteiger partial charge in [-0.05, 0) is 24.3 Å². The lowest BCUT2D eigenvalue weighted by Gasteiger charge is -2.15. The standard InChI is InChI=1S/C18H11F6N5O2/c1-29(17(30)11-8-25-5-4-12(11)18(22,23)24)26-7-10-3-2-9(6-13(10)19)15-27-28-16(31-15)14(20)21/h2-8,14H,1H3/b26-7+. The monoisotopic (exact) mass is 443 g/mol. The van der Waals surface area contributed by atoms with Crippen LogP contribution in [0.1, 0.15) is 33.8 Å². The van der Waals surface area contributed by atoms with E-state index in [9.17, 15) is 31.1 Å². The van der Waals surface area contributed by atoms with Gasteiger partial charge in [0.1, 0.15) is 5.82 Å². The summed E-state index contributed by atoms with van der Waals surface area (Å²) in [6.07, 6.45) is -5.21. The molecule has 1 amide bonds. The molecule has 3 rings (SSSR count). The van der Waals surface area contributed by atoms with Crippen molar-refractivity contribution in [3.05, 3.63) is 65.1 Å². The Morgan fingerprint density at radius 2 is 1.97 bits per heavy atom. The number of benzene rings is 1. The number of halogens is 6. The molecule has 3 aromatic rings. The van der Waals surface area contributed by atoms with Crippen molar-refractivity contribution >= 4 is 12.1 Å². The molecule has 162 valence electrons. The highest BCUT2D eigenvalue weighted by Crippen LogP contribution is 2.32. The molecular weight excluding hydrogens is 432 g/mol. The highest BCUT2D eigenvalue weighted by atomic mass is 19.4. The number of nitrogens with zero attached hydrogens (tertiary/aromatic N) is 5.